The van der Waals surface area contributed by atoms with Gasteiger partial charge in [0.15, 0.2) is 5.75 Å². The zero-order valence-corrected chi connectivity index (χ0v) is 20.1. The van der Waals surface area contributed by atoms with Gasteiger partial charge < -0.3 is 10.8 Å². The predicted octanol–water partition coefficient (Wildman–Crippen LogP) is 3.44. The first-order valence-corrected chi connectivity index (χ1v) is 13.9. The molecule has 16 heteroatoms. The van der Waals surface area contributed by atoms with Gasteiger partial charge in [-0.05, 0) is 35.0 Å². The number of nitrogens with two attached hydrogens (primary N) is 1. The molecule has 0 fully saturated rings. The summed E-state index contributed by atoms with van der Waals surface area (Å²) in [6, 6.07) is 11.1. The lowest BCUT2D eigenvalue weighted by molar-refractivity contribution is 0.472. The van der Waals surface area contributed by atoms with E-state index >= 15 is 0 Å². The first-order chi connectivity index (χ1) is 16.6. The fourth-order valence-electron chi connectivity index (χ4n) is 3.62. The summed E-state index contributed by atoms with van der Waals surface area (Å²) >= 11 is 0. The van der Waals surface area contributed by atoms with Crippen molar-refractivity contribution in [3.63, 3.8) is 0 Å². The van der Waals surface area contributed by atoms with Crippen LogP contribution in [0.2, 0.25) is 0 Å². The van der Waals surface area contributed by atoms with Crippen LogP contribution in [0.15, 0.2) is 79.5 Å². The molecule has 0 heterocycles. The zero-order chi connectivity index (χ0) is 26.6. The fourth-order valence-corrected chi connectivity index (χ4v) is 5.67. The molecular weight excluding hydrogens is 538 g/mol. The second kappa shape index (κ2) is 8.47. The van der Waals surface area contributed by atoms with Gasteiger partial charge in [-0.1, -0.05) is 30.3 Å². The molecule has 0 aromatic heterocycles. The molecular formula is C20H15N3O10S3. The first-order valence-electron chi connectivity index (χ1n) is 9.54. The van der Waals surface area contributed by atoms with Gasteiger partial charge in [0.05, 0.1) is 4.90 Å². The third-order valence-corrected chi connectivity index (χ3v) is 7.75. The molecule has 0 aliphatic heterocycles. The van der Waals surface area contributed by atoms with Crippen LogP contribution in [0.5, 0.6) is 5.75 Å². The van der Waals surface area contributed by atoms with E-state index in [-0.39, 0.29) is 16.2 Å². The number of aromatic hydroxyl groups is 1. The van der Waals surface area contributed by atoms with Crippen LogP contribution in [-0.2, 0) is 30.4 Å². The van der Waals surface area contributed by atoms with Crippen LogP contribution in [0.4, 0.5) is 17.1 Å². The van der Waals surface area contributed by atoms with Gasteiger partial charge in [-0.2, -0.15) is 25.3 Å². The summed E-state index contributed by atoms with van der Waals surface area (Å²) in [5.74, 6) is -0.947. The molecule has 4 aromatic rings. The lowest BCUT2D eigenvalue weighted by Crippen LogP contribution is -2.03. The molecule has 0 aliphatic carbocycles. The Kier molecular flexibility index (Phi) is 5.98. The first kappa shape index (κ1) is 25.4. The lowest BCUT2D eigenvalue weighted by Gasteiger charge is -2.12. The van der Waals surface area contributed by atoms with Gasteiger partial charge in [0.2, 0.25) is 0 Å². The molecule has 4 aromatic carbocycles. The van der Waals surface area contributed by atoms with Crippen LogP contribution in [0.3, 0.4) is 0 Å². The van der Waals surface area contributed by atoms with E-state index in [1.807, 2.05) is 0 Å². The van der Waals surface area contributed by atoms with E-state index in [4.69, 9.17) is 5.73 Å². The van der Waals surface area contributed by atoms with Crippen molar-refractivity contribution in [2.45, 2.75) is 14.7 Å². The number of nitrogen functional groups attached to an aromatic ring is 1. The summed E-state index contributed by atoms with van der Waals surface area (Å²) in [6.45, 7) is 0. The molecule has 0 spiro atoms. The number of azo groups is 1. The summed E-state index contributed by atoms with van der Waals surface area (Å²) in [7, 11) is -14.7. The second-order valence-electron chi connectivity index (χ2n) is 7.44. The van der Waals surface area contributed by atoms with Crippen LogP contribution in [0, 0.1) is 0 Å². The Hall–Kier alpha value is -3.67. The maximum absolute atomic E-state index is 12.1. The van der Waals surface area contributed by atoms with Crippen molar-refractivity contribution in [2.75, 3.05) is 5.73 Å². The fraction of sp³-hybridized carbons (Fsp3) is 0. The molecule has 36 heavy (non-hydrogen) atoms. The van der Waals surface area contributed by atoms with Crippen molar-refractivity contribution in [1.82, 2.24) is 0 Å². The third-order valence-electron chi connectivity index (χ3n) is 5.10. The summed E-state index contributed by atoms with van der Waals surface area (Å²) in [5.41, 5.74) is 4.12. The van der Waals surface area contributed by atoms with Crippen LogP contribution < -0.4 is 5.73 Å². The highest BCUT2D eigenvalue weighted by Crippen LogP contribution is 2.45. The topological polar surface area (TPSA) is 234 Å². The van der Waals surface area contributed by atoms with E-state index in [1.165, 1.54) is 24.3 Å². The average Bonchev–Trinajstić information content (AvgIpc) is 2.75. The normalized spacial score (nSPS) is 13.1. The van der Waals surface area contributed by atoms with E-state index in [2.05, 4.69) is 10.2 Å². The number of anilines is 1. The molecule has 0 radical (unpaired) electrons. The monoisotopic (exact) mass is 553 g/mol. The van der Waals surface area contributed by atoms with Gasteiger partial charge in [-0.25, -0.2) is 0 Å². The van der Waals surface area contributed by atoms with Crippen LogP contribution in [0.1, 0.15) is 0 Å². The maximum Gasteiger partial charge on any atom is 0.297 e. The van der Waals surface area contributed by atoms with E-state index in [1.54, 1.807) is 12.1 Å². The largest absolute Gasteiger partial charge is 0.505 e. The summed E-state index contributed by atoms with van der Waals surface area (Å²) < 4.78 is 100.0. The molecule has 0 unspecified atom stereocenters. The van der Waals surface area contributed by atoms with Crippen LogP contribution in [-0.4, -0.2) is 44.0 Å². The molecule has 188 valence electrons. The lowest BCUT2D eigenvalue weighted by atomic mass is 10.1. The standard InChI is InChI=1S/C20H15N3O10S3/c21-14-9-12(34(25,26)27)7-11-8-16(35(28,29)30)18(19(24)17(11)14)23-22-15-6-5-10-3-1-2-4-13(10)20(15)36(31,32)33/h1-9,24H,21H2,(H,25,26,27)(H,28,29,30)(H,31,32,33)/b23-22+. The van der Waals surface area contributed by atoms with Gasteiger partial charge in [0.1, 0.15) is 21.2 Å². The number of rotatable bonds is 5. The molecule has 0 amide bonds. The summed E-state index contributed by atoms with van der Waals surface area (Å²) in [4.78, 5) is -2.39. The number of phenolic OH excluding ortho intramolecular Hbond substituents is 1. The highest BCUT2D eigenvalue weighted by Gasteiger charge is 2.25. The molecule has 0 saturated heterocycles. The molecule has 0 atom stereocenters. The maximum atomic E-state index is 12.1. The molecule has 0 aliphatic rings. The summed E-state index contributed by atoms with van der Waals surface area (Å²) in [6.07, 6.45) is 0. The number of nitrogens with zero attached hydrogens (tertiary/aromatic N) is 2. The minimum absolute atomic E-state index is 0.0798. The Morgan fingerprint density at radius 1 is 0.722 bits per heavy atom. The van der Waals surface area contributed by atoms with Crippen molar-refractivity contribution in [3.05, 3.63) is 54.6 Å². The van der Waals surface area contributed by atoms with Gasteiger partial charge in [-0.3, -0.25) is 13.7 Å². The van der Waals surface area contributed by atoms with Crippen molar-refractivity contribution in [2.24, 2.45) is 10.2 Å². The Morgan fingerprint density at radius 3 is 2.00 bits per heavy atom. The number of hydrogen-bond acceptors (Lipinski definition) is 10. The van der Waals surface area contributed by atoms with Gasteiger partial charge in [-0.15, -0.1) is 10.2 Å². The van der Waals surface area contributed by atoms with Gasteiger partial charge in [0, 0.05) is 16.5 Å². The van der Waals surface area contributed by atoms with E-state index in [0.717, 1.165) is 18.2 Å². The van der Waals surface area contributed by atoms with Gasteiger partial charge >= 0.3 is 0 Å². The highest BCUT2D eigenvalue weighted by molar-refractivity contribution is 7.86. The molecule has 0 bridgehead atoms. The second-order valence-corrected chi connectivity index (χ2v) is 11.6. The van der Waals surface area contributed by atoms with Crippen molar-refractivity contribution in [3.8, 4) is 5.75 Å². The van der Waals surface area contributed by atoms with E-state index < -0.39 is 67.9 Å². The number of fused-ring (bicyclic) bond motifs is 2. The quantitative estimate of drug-likeness (QED) is 0.136. The third kappa shape index (κ3) is 4.60. The van der Waals surface area contributed by atoms with Crippen LogP contribution in [0.25, 0.3) is 21.5 Å². The minimum Gasteiger partial charge on any atom is -0.505 e. The minimum atomic E-state index is -5.12. The summed E-state index contributed by atoms with van der Waals surface area (Å²) in [5, 5.41) is 18.0. The molecule has 0 saturated carbocycles. The smallest absolute Gasteiger partial charge is 0.297 e. The average molecular weight is 554 g/mol. The Labute approximate surface area is 203 Å². The van der Waals surface area contributed by atoms with Crippen LogP contribution >= 0.6 is 0 Å². The predicted molar refractivity (Wildman–Crippen MR) is 128 cm³/mol. The van der Waals surface area contributed by atoms with E-state index in [9.17, 15) is 44.0 Å². The number of benzene rings is 4. The number of hydrogen-bond donors (Lipinski definition) is 5. The highest BCUT2D eigenvalue weighted by atomic mass is 32.2. The Bertz CT molecular complexity index is 1940. The molecule has 4 rings (SSSR count). The zero-order valence-electron chi connectivity index (χ0n) is 17.6. The van der Waals surface area contributed by atoms with Crippen molar-refractivity contribution >= 4 is 69.0 Å². The van der Waals surface area contributed by atoms with E-state index in [0.29, 0.717) is 5.39 Å². The molecule has 6 N–H and O–H groups in total. The number of phenols is 1. The Balaban J connectivity index is 2.04. The van der Waals surface area contributed by atoms with Crippen molar-refractivity contribution in [1.29, 1.82) is 0 Å². The van der Waals surface area contributed by atoms with Gasteiger partial charge in [0.25, 0.3) is 30.4 Å². The Morgan fingerprint density at radius 2 is 1.39 bits per heavy atom. The molecule has 13 nitrogen and oxygen atoms in total. The SMILES string of the molecule is Nc1cc(S(=O)(=O)O)cc2cc(S(=O)(=O)O)c(/N=N/c3ccc4ccccc4c3S(=O)(=O)O)c(O)c12. The van der Waals surface area contributed by atoms with Crippen molar-refractivity contribution < 1.29 is 44.0 Å².